The number of phenols is 1. The summed E-state index contributed by atoms with van der Waals surface area (Å²) in [6.45, 7) is 0. The lowest BCUT2D eigenvalue weighted by atomic mass is 10.1. The highest BCUT2D eigenvalue weighted by atomic mass is 79.9. The van der Waals surface area contributed by atoms with Gasteiger partial charge in [-0.25, -0.2) is 9.97 Å². The van der Waals surface area contributed by atoms with Gasteiger partial charge in [0.25, 0.3) is 5.91 Å². The highest BCUT2D eigenvalue weighted by Crippen LogP contribution is 2.25. The van der Waals surface area contributed by atoms with Crippen molar-refractivity contribution < 1.29 is 9.90 Å². The zero-order chi connectivity index (χ0) is 14.8. The summed E-state index contributed by atoms with van der Waals surface area (Å²) < 4.78 is 0.578. The van der Waals surface area contributed by atoms with Crippen LogP contribution in [-0.2, 0) is 0 Å². The first kappa shape index (κ1) is 13.5. The van der Waals surface area contributed by atoms with Crippen molar-refractivity contribution in [2.24, 2.45) is 0 Å². The SMILES string of the molecule is O=C(Nc1cnc(Br)cn1)c1cc2ccccc2cc1O. The summed E-state index contributed by atoms with van der Waals surface area (Å²) in [7, 11) is 0. The molecule has 0 aliphatic heterocycles. The molecular weight excluding hydrogens is 334 g/mol. The molecule has 3 aromatic rings. The molecule has 0 saturated heterocycles. The zero-order valence-electron chi connectivity index (χ0n) is 10.7. The Morgan fingerprint density at radius 3 is 2.48 bits per heavy atom. The van der Waals surface area contributed by atoms with Gasteiger partial charge in [0.05, 0.1) is 18.0 Å². The maximum absolute atomic E-state index is 12.2. The van der Waals surface area contributed by atoms with Crippen LogP contribution in [0.2, 0.25) is 0 Å². The minimum absolute atomic E-state index is 0.0729. The first-order valence-electron chi connectivity index (χ1n) is 6.14. The number of nitrogens with zero attached hydrogens (tertiary/aromatic N) is 2. The van der Waals surface area contributed by atoms with Gasteiger partial charge in [-0.1, -0.05) is 24.3 Å². The van der Waals surface area contributed by atoms with Crippen molar-refractivity contribution in [1.82, 2.24) is 9.97 Å². The van der Waals surface area contributed by atoms with Gasteiger partial charge in [0.15, 0.2) is 5.82 Å². The summed E-state index contributed by atoms with van der Waals surface area (Å²) in [4.78, 5) is 20.2. The fourth-order valence-corrected chi connectivity index (χ4v) is 2.18. The monoisotopic (exact) mass is 343 g/mol. The predicted molar refractivity (Wildman–Crippen MR) is 83.3 cm³/mol. The number of rotatable bonds is 2. The Morgan fingerprint density at radius 2 is 1.81 bits per heavy atom. The van der Waals surface area contributed by atoms with Gasteiger partial charge < -0.3 is 10.4 Å². The average Bonchev–Trinajstić information content (AvgIpc) is 2.49. The van der Waals surface area contributed by atoms with Gasteiger partial charge in [0, 0.05) is 0 Å². The molecule has 104 valence electrons. The fourth-order valence-electron chi connectivity index (χ4n) is 1.97. The Hall–Kier alpha value is -2.47. The van der Waals surface area contributed by atoms with E-state index >= 15 is 0 Å². The molecule has 0 atom stereocenters. The highest BCUT2D eigenvalue weighted by molar-refractivity contribution is 9.10. The number of aromatic hydroxyl groups is 1. The number of amides is 1. The normalized spacial score (nSPS) is 10.5. The number of anilines is 1. The zero-order valence-corrected chi connectivity index (χ0v) is 12.3. The summed E-state index contributed by atoms with van der Waals surface area (Å²) in [5.41, 5.74) is 0.193. The van der Waals surface area contributed by atoms with Crippen molar-refractivity contribution in [3.63, 3.8) is 0 Å². The second kappa shape index (κ2) is 5.49. The van der Waals surface area contributed by atoms with E-state index in [2.05, 4.69) is 31.2 Å². The standard InChI is InChI=1S/C15H10BrN3O2/c16-13-7-18-14(8-17-13)19-15(21)11-5-9-3-1-2-4-10(9)6-12(11)20/h1-8,20H,(H,18,19,21). The van der Waals surface area contributed by atoms with Crippen LogP contribution in [0.15, 0.2) is 53.4 Å². The van der Waals surface area contributed by atoms with E-state index in [-0.39, 0.29) is 11.3 Å². The minimum Gasteiger partial charge on any atom is -0.507 e. The molecule has 3 rings (SSSR count). The smallest absolute Gasteiger partial charge is 0.260 e. The number of nitrogens with one attached hydrogen (secondary N) is 1. The third-order valence-electron chi connectivity index (χ3n) is 2.97. The Morgan fingerprint density at radius 1 is 1.10 bits per heavy atom. The molecular formula is C15H10BrN3O2. The van der Waals surface area contributed by atoms with Crippen LogP contribution in [0.1, 0.15) is 10.4 Å². The molecule has 5 nitrogen and oxygen atoms in total. The molecule has 0 saturated carbocycles. The van der Waals surface area contributed by atoms with Crippen LogP contribution < -0.4 is 5.32 Å². The van der Waals surface area contributed by atoms with Gasteiger partial charge in [-0.05, 0) is 38.8 Å². The van der Waals surface area contributed by atoms with E-state index in [1.54, 1.807) is 12.1 Å². The topological polar surface area (TPSA) is 75.1 Å². The maximum atomic E-state index is 12.2. The molecule has 2 N–H and O–H groups in total. The second-order valence-electron chi connectivity index (χ2n) is 4.39. The lowest BCUT2D eigenvalue weighted by Gasteiger charge is -2.07. The van der Waals surface area contributed by atoms with Crippen molar-refractivity contribution >= 4 is 38.4 Å². The number of hydrogen-bond acceptors (Lipinski definition) is 4. The molecule has 0 spiro atoms. The Balaban J connectivity index is 1.93. The average molecular weight is 344 g/mol. The summed E-state index contributed by atoms with van der Waals surface area (Å²) in [6.07, 6.45) is 2.91. The van der Waals surface area contributed by atoms with Crippen molar-refractivity contribution in [2.75, 3.05) is 5.32 Å². The molecule has 1 amide bonds. The Labute approximate surface area is 128 Å². The number of halogens is 1. The van der Waals surface area contributed by atoms with E-state index in [1.165, 1.54) is 12.4 Å². The third kappa shape index (κ3) is 2.85. The van der Waals surface area contributed by atoms with E-state index in [0.29, 0.717) is 10.4 Å². The number of phenolic OH excluding ortho intramolecular Hbond substituents is 1. The second-order valence-corrected chi connectivity index (χ2v) is 5.21. The molecule has 6 heteroatoms. The Bertz CT molecular complexity index is 819. The van der Waals surface area contributed by atoms with Crippen molar-refractivity contribution in [2.45, 2.75) is 0 Å². The van der Waals surface area contributed by atoms with Crippen LogP contribution in [0.25, 0.3) is 10.8 Å². The van der Waals surface area contributed by atoms with E-state index in [0.717, 1.165) is 10.8 Å². The molecule has 0 aliphatic carbocycles. The summed E-state index contributed by atoms with van der Waals surface area (Å²) in [6, 6.07) is 10.7. The quantitative estimate of drug-likeness (QED) is 0.748. The number of carbonyl (C=O) groups is 1. The van der Waals surface area contributed by atoms with Gasteiger partial charge in [-0.15, -0.1) is 0 Å². The number of hydrogen-bond donors (Lipinski definition) is 2. The van der Waals surface area contributed by atoms with E-state index in [1.807, 2.05) is 24.3 Å². The molecule has 0 unspecified atom stereocenters. The first-order chi connectivity index (χ1) is 10.1. The van der Waals surface area contributed by atoms with Crippen LogP contribution in [0.3, 0.4) is 0 Å². The number of carbonyl (C=O) groups excluding carboxylic acids is 1. The maximum Gasteiger partial charge on any atom is 0.260 e. The Kier molecular flexibility index (Phi) is 3.53. The van der Waals surface area contributed by atoms with Gasteiger partial charge in [-0.3, -0.25) is 4.79 Å². The van der Waals surface area contributed by atoms with Crippen molar-refractivity contribution in [3.05, 3.63) is 59.0 Å². The van der Waals surface area contributed by atoms with Crippen LogP contribution in [0.4, 0.5) is 5.82 Å². The van der Waals surface area contributed by atoms with Crippen LogP contribution in [0.5, 0.6) is 5.75 Å². The van der Waals surface area contributed by atoms with Gasteiger partial charge in [0.2, 0.25) is 0 Å². The number of aromatic nitrogens is 2. The number of benzene rings is 2. The van der Waals surface area contributed by atoms with Crippen molar-refractivity contribution in [3.8, 4) is 5.75 Å². The van der Waals surface area contributed by atoms with E-state index < -0.39 is 5.91 Å². The molecule has 21 heavy (non-hydrogen) atoms. The summed E-state index contributed by atoms with van der Waals surface area (Å²) in [5, 5.41) is 14.3. The van der Waals surface area contributed by atoms with Crippen LogP contribution in [-0.4, -0.2) is 21.0 Å². The lowest BCUT2D eigenvalue weighted by Crippen LogP contribution is -2.13. The first-order valence-corrected chi connectivity index (χ1v) is 6.93. The van der Waals surface area contributed by atoms with Gasteiger partial charge >= 0.3 is 0 Å². The third-order valence-corrected chi connectivity index (χ3v) is 3.38. The highest BCUT2D eigenvalue weighted by Gasteiger charge is 2.13. The summed E-state index contributed by atoms with van der Waals surface area (Å²) >= 11 is 3.17. The molecule has 0 radical (unpaired) electrons. The minimum atomic E-state index is -0.435. The molecule has 2 aromatic carbocycles. The molecule has 0 aliphatic rings. The van der Waals surface area contributed by atoms with Gasteiger partial charge in [0.1, 0.15) is 10.4 Å². The summed E-state index contributed by atoms with van der Waals surface area (Å²) in [5.74, 6) is -0.193. The van der Waals surface area contributed by atoms with E-state index in [4.69, 9.17) is 0 Å². The van der Waals surface area contributed by atoms with E-state index in [9.17, 15) is 9.90 Å². The lowest BCUT2D eigenvalue weighted by molar-refractivity contribution is 0.102. The number of fused-ring (bicyclic) bond motifs is 1. The van der Waals surface area contributed by atoms with Crippen LogP contribution in [0, 0.1) is 0 Å². The van der Waals surface area contributed by atoms with Crippen molar-refractivity contribution in [1.29, 1.82) is 0 Å². The van der Waals surface area contributed by atoms with Crippen LogP contribution >= 0.6 is 15.9 Å². The van der Waals surface area contributed by atoms with Gasteiger partial charge in [-0.2, -0.15) is 0 Å². The molecule has 0 bridgehead atoms. The largest absolute Gasteiger partial charge is 0.507 e. The predicted octanol–water partition coefficient (Wildman–Crippen LogP) is 3.35. The molecule has 0 fully saturated rings. The molecule has 1 heterocycles. The fraction of sp³-hybridized carbons (Fsp3) is 0. The molecule has 1 aromatic heterocycles.